The largest absolute Gasteiger partial charge is 0.341 e. The summed E-state index contributed by atoms with van der Waals surface area (Å²) in [5.74, 6) is 1.25. The van der Waals surface area contributed by atoms with Gasteiger partial charge in [0.1, 0.15) is 5.82 Å². The van der Waals surface area contributed by atoms with Gasteiger partial charge in [-0.25, -0.2) is 4.98 Å². The Balaban J connectivity index is 1.52. The minimum absolute atomic E-state index is 0.0500. The molecule has 0 saturated carbocycles. The fourth-order valence-electron chi connectivity index (χ4n) is 3.18. The van der Waals surface area contributed by atoms with Crippen molar-refractivity contribution < 1.29 is 4.79 Å². The van der Waals surface area contributed by atoms with E-state index in [-0.39, 0.29) is 11.8 Å². The first kappa shape index (κ1) is 16.7. The van der Waals surface area contributed by atoms with Gasteiger partial charge >= 0.3 is 0 Å². The summed E-state index contributed by atoms with van der Waals surface area (Å²) in [5, 5.41) is 4.19. The Kier molecular flexibility index (Phi) is 5.30. The van der Waals surface area contributed by atoms with E-state index in [2.05, 4.69) is 19.5 Å². The zero-order valence-electron chi connectivity index (χ0n) is 14.5. The third kappa shape index (κ3) is 4.03. The van der Waals surface area contributed by atoms with Crippen LogP contribution in [-0.2, 0) is 24.9 Å². The molecule has 1 aliphatic heterocycles. The minimum atomic E-state index is -0.0500. The highest BCUT2D eigenvalue weighted by Gasteiger charge is 2.24. The molecule has 7 nitrogen and oxygen atoms in total. The molecule has 1 fully saturated rings. The van der Waals surface area contributed by atoms with Crippen LogP contribution < -0.4 is 0 Å². The van der Waals surface area contributed by atoms with Gasteiger partial charge in [-0.05, 0) is 12.5 Å². The Labute approximate surface area is 142 Å². The molecule has 0 aromatic carbocycles. The molecular weight excluding hydrogens is 304 g/mol. The molecule has 1 amide bonds. The fourth-order valence-corrected chi connectivity index (χ4v) is 3.18. The second-order valence-electron chi connectivity index (χ2n) is 6.54. The van der Waals surface area contributed by atoms with Crippen LogP contribution in [0.3, 0.4) is 0 Å². The van der Waals surface area contributed by atoms with E-state index in [1.165, 1.54) is 0 Å². The lowest BCUT2D eigenvalue weighted by Crippen LogP contribution is -2.39. The molecule has 0 N–H and O–H groups in total. The van der Waals surface area contributed by atoms with Crippen molar-refractivity contribution in [1.29, 1.82) is 0 Å². The molecule has 130 valence electrons. The van der Waals surface area contributed by atoms with Gasteiger partial charge in [-0.2, -0.15) is 5.10 Å². The van der Waals surface area contributed by atoms with E-state index in [4.69, 9.17) is 0 Å². The molecule has 3 rings (SSSR count). The van der Waals surface area contributed by atoms with E-state index in [0.29, 0.717) is 6.54 Å². The molecule has 1 atom stereocenters. The van der Waals surface area contributed by atoms with Crippen LogP contribution in [0.25, 0.3) is 0 Å². The van der Waals surface area contributed by atoms with Crippen molar-refractivity contribution in [2.24, 2.45) is 13.0 Å². The number of amides is 1. The third-order valence-electron chi connectivity index (χ3n) is 4.63. The van der Waals surface area contributed by atoms with Crippen LogP contribution in [0, 0.1) is 5.92 Å². The van der Waals surface area contributed by atoms with Crippen molar-refractivity contribution in [2.75, 3.05) is 26.2 Å². The molecule has 0 radical (unpaired) electrons. The number of hydrogen-bond acceptors (Lipinski definition) is 4. The van der Waals surface area contributed by atoms with E-state index in [1.807, 2.05) is 48.2 Å². The molecule has 24 heavy (non-hydrogen) atoms. The number of carbonyl (C=O) groups is 1. The molecule has 2 aromatic rings. The van der Waals surface area contributed by atoms with E-state index >= 15 is 0 Å². The number of nitrogens with zero attached hydrogens (tertiary/aromatic N) is 6. The highest BCUT2D eigenvalue weighted by molar-refractivity contribution is 5.78. The van der Waals surface area contributed by atoms with E-state index < -0.39 is 0 Å². The van der Waals surface area contributed by atoms with Crippen LogP contribution in [0.1, 0.15) is 19.2 Å². The zero-order chi connectivity index (χ0) is 16.9. The molecule has 1 aliphatic rings. The summed E-state index contributed by atoms with van der Waals surface area (Å²) < 4.78 is 3.88. The van der Waals surface area contributed by atoms with Crippen molar-refractivity contribution in [3.63, 3.8) is 0 Å². The van der Waals surface area contributed by atoms with Gasteiger partial charge in [-0.1, -0.05) is 6.92 Å². The minimum Gasteiger partial charge on any atom is -0.341 e. The summed E-state index contributed by atoms with van der Waals surface area (Å²) in [6.07, 6.45) is 8.46. The lowest BCUT2D eigenvalue weighted by molar-refractivity contribution is -0.135. The second-order valence-corrected chi connectivity index (χ2v) is 6.54. The first-order valence-corrected chi connectivity index (χ1v) is 8.58. The van der Waals surface area contributed by atoms with E-state index in [1.54, 1.807) is 6.20 Å². The maximum absolute atomic E-state index is 12.7. The highest BCUT2D eigenvalue weighted by Crippen LogP contribution is 2.11. The van der Waals surface area contributed by atoms with Crippen molar-refractivity contribution in [1.82, 2.24) is 29.1 Å². The lowest BCUT2D eigenvalue weighted by atomic mass is 10.1. The Morgan fingerprint density at radius 3 is 2.79 bits per heavy atom. The Morgan fingerprint density at radius 2 is 2.08 bits per heavy atom. The number of aromatic nitrogens is 4. The molecule has 1 saturated heterocycles. The Hall–Kier alpha value is -2.15. The molecule has 1 unspecified atom stereocenters. The fraction of sp³-hybridized carbons (Fsp3) is 0.588. The van der Waals surface area contributed by atoms with Crippen LogP contribution >= 0.6 is 0 Å². The van der Waals surface area contributed by atoms with Crippen LogP contribution in [0.5, 0.6) is 0 Å². The van der Waals surface area contributed by atoms with Crippen molar-refractivity contribution in [2.45, 2.75) is 26.4 Å². The average molecular weight is 330 g/mol. The van der Waals surface area contributed by atoms with E-state index in [0.717, 1.165) is 45.0 Å². The van der Waals surface area contributed by atoms with Gasteiger partial charge in [0.2, 0.25) is 5.91 Å². The molecule has 7 heteroatoms. The molecule has 0 aliphatic carbocycles. The number of carbonyl (C=O) groups excluding carboxylic acids is 1. The lowest BCUT2D eigenvalue weighted by Gasteiger charge is -2.24. The summed E-state index contributed by atoms with van der Waals surface area (Å²) >= 11 is 0. The Morgan fingerprint density at radius 1 is 1.21 bits per heavy atom. The first-order chi connectivity index (χ1) is 11.6. The summed E-state index contributed by atoms with van der Waals surface area (Å²) in [4.78, 5) is 21.5. The number of aryl methyl sites for hydroxylation is 1. The van der Waals surface area contributed by atoms with E-state index in [9.17, 15) is 4.79 Å². The predicted molar refractivity (Wildman–Crippen MR) is 91.1 cm³/mol. The maximum atomic E-state index is 12.7. The average Bonchev–Trinajstić information content (AvgIpc) is 3.15. The van der Waals surface area contributed by atoms with Crippen molar-refractivity contribution in [3.8, 4) is 0 Å². The van der Waals surface area contributed by atoms with Gasteiger partial charge < -0.3 is 9.47 Å². The SMILES string of the molecule is CC(Cn1cccn1)C(=O)N1CCCN(Cc2nccn2C)CC1. The molecular formula is C17H26N6O. The van der Waals surface area contributed by atoms with Crippen LogP contribution in [0.15, 0.2) is 30.9 Å². The highest BCUT2D eigenvalue weighted by atomic mass is 16.2. The first-order valence-electron chi connectivity index (χ1n) is 8.58. The number of rotatable bonds is 5. The number of imidazole rings is 1. The van der Waals surface area contributed by atoms with Gasteiger partial charge in [-0.15, -0.1) is 0 Å². The predicted octanol–water partition coefficient (Wildman–Crippen LogP) is 0.987. The van der Waals surface area contributed by atoms with Gasteiger partial charge in [0.05, 0.1) is 19.0 Å². The van der Waals surface area contributed by atoms with Gasteiger partial charge in [0, 0.05) is 58.0 Å². The standard InChI is InChI=1S/C17H26N6O/c1-15(13-23-9-3-5-19-23)17(24)22-8-4-7-21(11-12-22)14-16-18-6-10-20(16)2/h3,5-6,9-10,15H,4,7-8,11-14H2,1-2H3. The molecule has 0 bridgehead atoms. The maximum Gasteiger partial charge on any atom is 0.227 e. The Bertz CT molecular complexity index is 650. The van der Waals surface area contributed by atoms with Crippen molar-refractivity contribution >= 4 is 5.91 Å². The summed E-state index contributed by atoms with van der Waals surface area (Å²) in [5.41, 5.74) is 0. The van der Waals surface area contributed by atoms with Gasteiger partial charge in [-0.3, -0.25) is 14.4 Å². The monoisotopic (exact) mass is 330 g/mol. The van der Waals surface area contributed by atoms with Gasteiger partial charge in [0.15, 0.2) is 0 Å². The number of hydrogen-bond donors (Lipinski definition) is 0. The molecule has 0 spiro atoms. The van der Waals surface area contributed by atoms with Crippen LogP contribution in [0.4, 0.5) is 0 Å². The molecule has 3 heterocycles. The second kappa shape index (κ2) is 7.61. The summed E-state index contributed by atoms with van der Waals surface area (Å²) in [6.45, 7) is 6.98. The zero-order valence-corrected chi connectivity index (χ0v) is 14.5. The smallest absolute Gasteiger partial charge is 0.227 e. The van der Waals surface area contributed by atoms with Crippen LogP contribution in [-0.4, -0.2) is 61.2 Å². The third-order valence-corrected chi connectivity index (χ3v) is 4.63. The quantitative estimate of drug-likeness (QED) is 0.820. The van der Waals surface area contributed by atoms with Crippen LogP contribution in [0.2, 0.25) is 0 Å². The summed E-state index contributed by atoms with van der Waals surface area (Å²) in [6, 6.07) is 1.89. The normalized spacial score (nSPS) is 17.7. The molecule has 2 aromatic heterocycles. The topological polar surface area (TPSA) is 59.2 Å². The summed E-state index contributed by atoms with van der Waals surface area (Å²) in [7, 11) is 2.02. The van der Waals surface area contributed by atoms with Crippen molar-refractivity contribution in [3.05, 3.63) is 36.7 Å². The van der Waals surface area contributed by atoms with Gasteiger partial charge in [0.25, 0.3) is 0 Å².